The lowest BCUT2D eigenvalue weighted by Crippen LogP contribution is -2.32. The molecule has 1 saturated heterocycles. The van der Waals surface area contributed by atoms with E-state index in [1.807, 2.05) is 36.4 Å². The zero-order valence-corrected chi connectivity index (χ0v) is 16.6. The number of amides is 1. The molecule has 1 amide bonds. The maximum Gasteiger partial charge on any atom is 0.278 e. The molecule has 1 aliphatic rings. The van der Waals surface area contributed by atoms with Gasteiger partial charge in [0.2, 0.25) is 0 Å². The molecule has 0 saturated carbocycles. The van der Waals surface area contributed by atoms with E-state index in [0.717, 1.165) is 23.8 Å². The van der Waals surface area contributed by atoms with Gasteiger partial charge in [-0.2, -0.15) is 0 Å². The molecule has 3 heterocycles. The highest BCUT2D eigenvalue weighted by atomic mass is 35.5. The molecule has 1 unspecified atom stereocenters. The van der Waals surface area contributed by atoms with E-state index < -0.39 is 0 Å². The summed E-state index contributed by atoms with van der Waals surface area (Å²) in [5, 5.41) is 13.8. The molecule has 0 radical (unpaired) electrons. The molecule has 1 atom stereocenters. The minimum Gasteiger partial charge on any atom is -0.382 e. The summed E-state index contributed by atoms with van der Waals surface area (Å²) in [6, 6.07) is 14.5. The molecule has 1 aliphatic heterocycles. The van der Waals surface area contributed by atoms with Crippen LogP contribution in [0.2, 0.25) is 5.02 Å². The number of carbonyl (C=O) groups excluding carboxylic acids is 1. The first kappa shape index (κ1) is 18.5. The lowest BCUT2D eigenvalue weighted by molar-refractivity contribution is 0.0725. The minimum atomic E-state index is -0.320. The third-order valence-electron chi connectivity index (χ3n) is 5.24. The Hall–Kier alpha value is -3.52. The molecule has 2 aromatic carbocycles. The normalized spacial score (nSPS) is 16.3. The van der Waals surface area contributed by atoms with Crippen LogP contribution in [0.15, 0.2) is 53.1 Å². The number of nitrogen functional groups attached to an aromatic ring is 1. The van der Waals surface area contributed by atoms with Gasteiger partial charge in [-0.15, -0.1) is 10.2 Å². The van der Waals surface area contributed by atoms with Crippen molar-refractivity contribution in [2.75, 3.05) is 12.3 Å². The van der Waals surface area contributed by atoms with Crippen LogP contribution < -0.4 is 5.73 Å². The maximum atomic E-state index is 13.2. The zero-order chi connectivity index (χ0) is 20.7. The van der Waals surface area contributed by atoms with Gasteiger partial charge in [-0.25, -0.2) is 4.98 Å². The standard InChI is InChI=1S/C21H17ClN6O2/c22-13-8-9-14-16(11-13)30-27-17(14)15-7-4-10-28(15)21(29)18-19(23)24-20(26-25-18)12-5-2-1-3-6-12/h1-3,5-6,8-9,11,15H,4,7,10H2,(H2,23,24,26). The monoisotopic (exact) mass is 420 g/mol. The van der Waals surface area contributed by atoms with Gasteiger partial charge in [-0.1, -0.05) is 47.1 Å². The molecule has 5 rings (SSSR count). The molecule has 8 nitrogen and oxygen atoms in total. The van der Waals surface area contributed by atoms with Crippen molar-refractivity contribution >= 4 is 34.3 Å². The lowest BCUT2D eigenvalue weighted by Gasteiger charge is -2.23. The summed E-state index contributed by atoms with van der Waals surface area (Å²) >= 11 is 6.03. The summed E-state index contributed by atoms with van der Waals surface area (Å²) in [6.07, 6.45) is 1.60. The number of carbonyl (C=O) groups is 1. The number of hydrogen-bond donors (Lipinski definition) is 1. The first-order valence-electron chi connectivity index (χ1n) is 9.53. The first-order valence-corrected chi connectivity index (χ1v) is 9.91. The van der Waals surface area contributed by atoms with Gasteiger partial charge in [0.15, 0.2) is 22.9 Å². The highest BCUT2D eigenvalue weighted by Gasteiger charge is 2.35. The Balaban J connectivity index is 1.46. The number of fused-ring (bicyclic) bond motifs is 1. The summed E-state index contributed by atoms with van der Waals surface area (Å²) < 4.78 is 5.43. The SMILES string of the molecule is Nc1nc(-c2ccccc2)nnc1C(=O)N1CCCC1c1noc2cc(Cl)ccc12. The summed E-state index contributed by atoms with van der Waals surface area (Å²) in [6.45, 7) is 0.562. The van der Waals surface area contributed by atoms with Crippen molar-refractivity contribution in [3.05, 3.63) is 64.9 Å². The second kappa shape index (κ2) is 7.38. The Bertz CT molecular complexity index is 1240. The van der Waals surface area contributed by atoms with Crippen LogP contribution in [0, 0.1) is 0 Å². The fraction of sp³-hybridized carbons (Fsp3) is 0.190. The Labute approximate surface area is 176 Å². The van der Waals surface area contributed by atoms with Crippen molar-refractivity contribution in [1.82, 2.24) is 25.2 Å². The molecule has 4 aromatic rings. The van der Waals surface area contributed by atoms with E-state index in [1.54, 1.807) is 17.0 Å². The van der Waals surface area contributed by atoms with E-state index in [9.17, 15) is 4.79 Å². The quantitative estimate of drug-likeness (QED) is 0.535. The van der Waals surface area contributed by atoms with Gasteiger partial charge < -0.3 is 15.2 Å². The fourth-order valence-electron chi connectivity index (χ4n) is 3.80. The predicted octanol–water partition coefficient (Wildman–Crippen LogP) is 3.89. The molecule has 2 N–H and O–H groups in total. The molecule has 9 heteroatoms. The fourth-order valence-corrected chi connectivity index (χ4v) is 3.96. The Morgan fingerprint density at radius 2 is 2.00 bits per heavy atom. The number of nitrogens with zero attached hydrogens (tertiary/aromatic N) is 5. The second-order valence-corrected chi connectivity index (χ2v) is 7.54. The second-order valence-electron chi connectivity index (χ2n) is 7.10. The van der Waals surface area contributed by atoms with E-state index in [1.165, 1.54) is 0 Å². The van der Waals surface area contributed by atoms with Crippen LogP contribution in [0.3, 0.4) is 0 Å². The van der Waals surface area contributed by atoms with Gasteiger partial charge in [0.05, 0.1) is 6.04 Å². The van der Waals surface area contributed by atoms with Crippen LogP contribution in [0.5, 0.6) is 0 Å². The summed E-state index contributed by atoms with van der Waals surface area (Å²) in [7, 11) is 0. The third-order valence-corrected chi connectivity index (χ3v) is 5.47. The van der Waals surface area contributed by atoms with Crippen LogP contribution in [0.4, 0.5) is 5.82 Å². The van der Waals surface area contributed by atoms with E-state index in [0.29, 0.717) is 28.7 Å². The highest BCUT2D eigenvalue weighted by Crippen LogP contribution is 2.37. The van der Waals surface area contributed by atoms with Crippen LogP contribution in [0.25, 0.3) is 22.4 Å². The minimum absolute atomic E-state index is 0.0393. The summed E-state index contributed by atoms with van der Waals surface area (Å²) in [5.74, 6) is 0.109. The molecule has 0 aliphatic carbocycles. The molecule has 150 valence electrons. The van der Waals surface area contributed by atoms with Gasteiger partial charge in [0.25, 0.3) is 5.91 Å². The molecule has 0 spiro atoms. The molecular formula is C21H17ClN6O2. The molecule has 1 fully saturated rings. The van der Waals surface area contributed by atoms with Crippen molar-refractivity contribution in [2.24, 2.45) is 0 Å². The zero-order valence-electron chi connectivity index (χ0n) is 15.8. The third kappa shape index (κ3) is 3.15. The van der Waals surface area contributed by atoms with Crippen LogP contribution in [-0.2, 0) is 0 Å². The number of halogens is 1. The van der Waals surface area contributed by atoms with E-state index >= 15 is 0 Å². The van der Waals surface area contributed by atoms with Crippen LogP contribution in [-0.4, -0.2) is 37.7 Å². The average Bonchev–Trinajstić information content (AvgIpc) is 3.40. The number of anilines is 1. The first-order chi connectivity index (χ1) is 14.6. The Morgan fingerprint density at radius 1 is 1.17 bits per heavy atom. The molecule has 2 aromatic heterocycles. The number of rotatable bonds is 3. The van der Waals surface area contributed by atoms with Crippen molar-refractivity contribution in [3.63, 3.8) is 0 Å². The van der Waals surface area contributed by atoms with Gasteiger partial charge in [-0.3, -0.25) is 4.79 Å². The van der Waals surface area contributed by atoms with Gasteiger partial charge in [0, 0.05) is 28.6 Å². The highest BCUT2D eigenvalue weighted by molar-refractivity contribution is 6.31. The van der Waals surface area contributed by atoms with Crippen LogP contribution >= 0.6 is 11.6 Å². The van der Waals surface area contributed by atoms with Crippen molar-refractivity contribution < 1.29 is 9.32 Å². The number of hydrogen-bond acceptors (Lipinski definition) is 7. The van der Waals surface area contributed by atoms with E-state index in [4.69, 9.17) is 21.9 Å². The largest absolute Gasteiger partial charge is 0.382 e. The number of benzene rings is 2. The molecule has 30 heavy (non-hydrogen) atoms. The average molecular weight is 421 g/mol. The van der Waals surface area contributed by atoms with E-state index in [-0.39, 0.29) is 23.5 Å². The Kier molecular flexibility index (Phi) is 4.55. The van der Waals surface area contributed by atoms with Crippen molar-refractivity contribution in [1.29, 1.82) is 0 Å². The van der Waals surface area contributed by atoms with Gasteiger partial charge in [0.1, 0.15) is 5.69 Å². The predicted molar refractivity (Wildman–Crippen MR) is 112 cm³/mol. The lowest BCUT2D eigenvalue weighted by atomic mass is 10.1. The van der Waals surface area contributed by atoms with Gasteiger partial charge >= 0.3 is 0 Å². The molecular weight excluding hydrogens is 404 g/mol. The number of likely N-dealkylation sites (tertiary alicyclic amines) is 1. The maximum absolute atomic E-state index is 13.2. The van der Waals surface area contributed by atoms with Gasteiger partial charge in [-0.05, 0) is 25.0 Å². The van der Waals surface area contributed by atoms with Crippen LogP contribution in [0.1, 0.15) is 35.1 Å². The number of nitrogens with two attached hydrogens (primary N) is 1. The van der Waals surface area contributed by atoms with Crippen molar-refractivity contribution in [2.45, 2.75) is 18.9 Å². The molecule has 0 bridgehead atoms. The Morgan fingerprint density at radius 3 is 2.80 bits per heavy atom. The van der Waals surface area contributed by atoms with E-state index in [2.05, 4.69) is 20.3 Å². The topological polar surface area (TPSA) is 111 Å². The van der Waals surface area contributed by atoms with Crippen molar-refractivity contribution in [3.8, 4) is 11.4 Å². The number of aromatic nitrogens is 4. The summed E-state index contributed by atoms with van der Waals surface area (Å²) in [4.78, 5) is 19.2. The smallest absolute Gasteiger partial charge is 0.278 e. The summed E-state index contributed by atoms with van der Waals surface area (Å²) in [5.41, 5.74) is 8.20.